The van der Waals surface area contributed by atoms with Crippen LogP contribution >= 0.6 is 0 Å². The number of hydrogen-bond donors (Lipinski definition) is 5. The van der Waals surface area contributed by atoms with Crippen LogP contribution in [0.3, 0.4) is 0 Å². The molecule has 3 aliphatic rings. The van der Waals surface area contributed by atoms with Crippen molar-refractivity contribution < 1.29 is 49.0 Å². The van der Waals surface area contributed by atoms with Crippen molar-refractivity contribution in [2.75, 3.05) is 20.8 Å². The van der Waals surface area contributed by atoms with Gasteiger partial charge in [-0.05, 0) is 19.4 Å². The number of ether oxygens (including phenoxy) is 4. The van der Waals surface area contributed by atoms with E-state index in [2.05, 4.69) is 0 Å². The topological polar surface area (TPSA) is 178 Å². The summed E-state index contributed by atoms with van der Waals surface area (Å²) in [5.41, 5.74) is 4.16. The zero-order chi connectivity index (χ0) is 28.2. The van der Waals surface area contributed by atoms with Crippen LogP contribution in [0.2, 0.25) is 0 Å². The quantitative estimate of drug-likeness (QED) is 0.284. The lowest BCUT2D eigenvalue weighted by Crippen LogP contribution is -2.52. The average Bonchev–Trinajstić information content (AvgIpc) is 2.90. The molecule has 2 aromatic rings. The van der Waals surface area contributed by atoms with Crippen molar-refractivity contribution in [1.82, 2.24) is 0 Å². The molecule has 6 N–H and O–H groups in total. The predicted molar refractivity (Wildman–Crippen MR) is 136 cm³/mol. The molecule has 1 saturated heterocycles. The van der Waals surface area contributed by atoms with Crippen molar-refractivity contribution in [3.8, 4) is 17.2 Å². The van der Waals surface area contributed by atoms with Crippen molar-refractivity contribution in [3.05, 3.63) is 51.6 Å². The first kappa shape index (κ1) is 27.5. The van der Waals surface area contributed by atoms with Gasteiger partial charge in [0.1, 0.15) is 17.2 Å². The zero-order valence-corrected chi connectivity index (χ0v) is 22.0. The van der Waals surface area contributed by atoms with Gasteiger partial charge in [-0.1, -0.05) is 12.1 Å². The molecule has 0 amide bonds. The smallest absolute Gasteiger partial charge is 0.202 e. The first-order chi connectivity index (χ1) is 18.5. The Morgan fingerprint density at radius 1 is 1.10 bits per heavy atom. The van der Waals surface area contributed by atoms with Gasteiger partial charge in [-0.2, -0.15) is 0 Å². The minimum absolute atomic E-state index is 0.0126. The number of ketones is 2. The maximum absolute atomic E-state index is 13.7. The fourth-order valence-electron chi connectivity index (χ4n) is 5.95. The normalized spacial score (nSPS) is 29.9. The monoisotopic (exact) mass is 543 g/mol. The number of benzene rings is 2. The number of phenolic OH excluding ortho intramolecular Hbond substituents is 2. The highest BCUT2D eigenvalue weighted by Crippen LogP contribution is 2.52. The summed E-state index contributed by atoms with van der Waals surface area (Å²) < 4.78 is 22.5. The van der Waals surface area contributed by atoms with Crippen LogP contribution in [0.5, 0.6) is 17.2 Å². The van der Waals surface area contributed by atoms with Crippen molar-refractivity contribution >= 4 is 11.6 Å². The fraction of sp³-hybridized carbons (Fsp3) is 0.500. The molecule has 210 valence electrons. The molecule has 0 aromatic heterocycles. The number of fused-ring (bicyclic) bond motifs is 3. The Balaban J connectivity index is 1.65. The van der Waals surface area contributed by atoms with Gasteiger partial charge in [0.05, 0.1) is 47.7 Å². The number of nitrogens with two attached hydrogens (primary N) is 1. The van der Waals surface area contributed by atoms with Crippen molar-refractivity contribution in [1.29, 1.82) is 0 Å². The van der Waals surface area contributed by atoms with Crippen molar-refractivity contribution in [3.63, 3.8) is 0 Å². The second kappa shape index (κ2) is 10.2. The number of aliphatic hydroxyl groups is 2. The lowest BCUT2D eigenvalue weighted by atomic mass is 9.72. The summed E-state index contributed by atoms with van der Waals surface area (Å²) >= 11 is 0. The third kappa shape index (κ3) is 4.48. The van der Waals surface area contributed by atoms with E-state index in [1.807, 2.05) is 0 Å². The number of aromatic hydroxyl groups is 2. The van der Waals surface area contributed by atoms with E-state index in [9.17, 15) is 30.0 Å². The van der Waals surface area contributed by atoms with Crippen LogP contribution in [-0.4, -0.2) is 83.0 Å². The van der Waals surface area contributed by atoms with Gasteiger partial charge in [-0.3, -0.25) is 9.59 Å². The van der Waals surface area contributed by atoms with Crippen LogP contribution in [0.1, 0.15) is 75.3 Å². The van der Waals surface area contributed by atoms with Gasteiger partial charge < -0.3 is 45.1 Å². The van der Waals surface area contributed by atoms with Crippen LogP contribution in [0, 0.1) is 0 Å². The summed E-state index contributed by atoms with van der Waals surface area (Å²) in [4.78, 5) is 27.3. The average molecular weight is 544 g/mol. The van der Waals surface area contributed by atoms with E-state index in [1.165, 1.54) is 26.4 Å². The van der Waals surface area contributed by atoms with E-state index in [-0.39, 0.29) is 71.4 Å². The van der Waals surface area contributed by atoms with Crippen molar-refractivity contribution in [2.45, 2.75) is 68.9 Å². The number of rotatable bonds is 6. The Hall–Kier alpha value is -3.06. The molecule has 1 unspecified atom stereocenters. The number of hydrogen-bond acceptors (Lipinski definition) is 11. The van der Waals surface area contributed by atoms with Gasteiger partial charge in [-0.25, -0.2) is 0 Å². The lowest BCUT2D eigenvalue weighted by Gasteiger charge is -2.43. The highest BCUT2D eigenvalue weighted by atomic mass is 16.7. The molecular formula is C28H33NO10. The zero-order valence-electron chi connectivity index (χ0n) is 22.0. The maximum Gasteiger partial charge on any atom is 0.202 e. The Kier molecular flexibility index (Phi) is 7.17. The number of methoxy groups -OCH3 is 2. The van der Waals surface area contributed by atoms with E-state index in [4.69, 9.17) is 24.7 Å². The van der Waals surface area contributed by atoms with Crippen LogP contribution in [-0.2, 0) is 20.6 Å². The highest BCUT2D eigenvalue weighted by molar-refractivity contribution is 6.31. The molecule has 5 rings (SSSR count). The van der Waals surface area contributed by atoms with E-state index in [1.54, 1.807) is 13.0 Å². The Morgan fingerprint density at radius 2 is 1.82 bits per heavy atom. The van der Waals surface area contributed by atoms with E-state index >= 15 is 0 Å². The van der Waals surface area contributed by atoms with E-state index in [0.717, 1.165) is 0 Å². The molecule has 39 heavy (non-hydrogen) atoms. The molecule has 2 aliphatic carbocycles. The molecule has 1 heterocycles. The molecule has 0 saturated carbocycles. The molecule has 0 bridgehead atoms. The maximum atomic E-state index is 13.7. The van der Waals surface area contributed by atoms with Gasteiger partial charge in [0.2, 0.25) is 5.78 Å². The van der Waals surface area contributed by atoms with Gasteiger partial charge in [0.25, 0.3) is 0 Å². The Bertz CT molecular complexity index is 1310. The van der Waals surface area contributed by atoms with Crippen molar-refractivity contribution in [2.24, 2.45) is 5.73 Å². The van der Waals surface area contributed by atoms with Crippen LogP contribution in [0.25, 0.3) is 0 Å². The predicted octanol–water partition coefficient (Wildman–Crippen LogP) is 1.48. The second-order valence-corrected chi connectivity index (χ2v) is 10.5. The standard InChI is InChI=1S/C28H33NO10/c1-12-23(30)15(29)9-18(38-12)39-17-11-28(35,7-8-36-2)10-14-20(17)27(34)22-21(25(14)32)24(31)13-5-4-6-16(37-3)19(13)26(22)33/h4-6,12,15,17-18,23,30,32,34-35H,7-11,29H2,1-3H3/t12?,15-,17+,18+,23-,28+/m1/s1. The molecule has 1 fully saturated rings. The highest BCUT2D eigenvalue weighted by Gasteiger charge is 2.47. The van der Waals surface area contributed by atoms with Gasteiger partial charge >= 0.3 is 0 Å². The Labute approximate surface area is 225 Å². The fourth-order valence-corrected chi connectivity index (χ4v) is 5.95. The third-order valence-corrected chi connectivity index (χ3v) is 7.99. The summed E-state index contributed by atoms with van der Waals surface area (Å²) in [6, 6.07) is 3.91. The molecule has 0 spiro atoms. The summed E-state index contributed by atoms with van der Waals surface area (Å²) in [6.07, 6.45) is -3.33. The van der Waals surface area contributed by atoms with Crippen LogP contribution < -0.4 is 10.5 Å². The molecule has 1 aliphatic heterocycles. The largest absolute Gasteiger partial charge is 0.507 e. The number of aliphatic hydroxyl groups excluding tert-OH is 1. The molecule has 2 aromatic carbocycles. The summed E-state index contributed by atoms with van der Waals surface area (Å²) in [5.74, 6) is -2.19. The summed E-state index contributed by atoms with van der Waals surface area (Å²) in [5, 5.41) is 44.7. The number of phenols is 2. The molecule has 11 nitrogen and oxygen atoms in total. The second-order valence-electron chi connectivity index (χ2n) is 10.5. The first-order valence-electron chi connectivity index (χ1n) is 12.8. The minimum Gasteiger partial charge on any atom is -0.507 e. The van der Waals surface area contributed by atoms with E-state index in [0.29, 0.717) is 0 Å². The Morgan fingerprint density at radius 3 is 2.49 bits per heavy atom. The molecule has 11 heteroatoms. The minimum atomic E-state index is -1.43. The van der Waals surface area contributed by atoms with Gasteiger partial charge in [0.15, 0.2) is 12.1 Å². The third-order valence-electron chi connectivity index (χ3n) is 7.99. The molecular weight excluding hydrogens is 510 g/mol. The lowest BCUT2D eigenvalue weighted by molar-refractivity contribution is -0.248. The van der Waals surface area contributed by atoms with Gasteiger partial charge in [0, 0.05) is 55.7 Å². The first-order valence-corrected chi connectivity index (χ1v) is 12.8. The summed E-state index contributed by atoms with van der Waals surface area (Å²) in [6.45, 7) is 1.85. The molecule has 6 atom stereocenters. The number of carbonyl (C=O) groups excluding carboxylic acids is 2. The SMILES string of the molecule is COCC[C@]1(O)Cc2c(O)c3c(c(O)c2[C@@H](O[C@H]2C[C@@H](N)[C@H](O)C(C)O2)C1)C(=O)c1c(OC)cccc1C3=O. The van der Waals surface area contributed by atoms with Crippen LogP contribution in [0.4, 0.5) is 0 Å². The van der Waals surface area contributed by atoms with Gasteiger partial charge in [-0.15, -0.1) is 0 Å². The molecule has 0 radical (unpaired) electrons. The van der Waals surface area contributed by atoms with Crippen LogP contribution in [0.15, 0.2) is 18.2 Å². The van der Waals surface area contributed by atoms with E-state index < -0.39 is 59.3 Å². The number of carbonyl (C=O) groups is 2. The summed E-state index contributed by atoms with van der Waals surface area (Å²) in [7, 11) is 2.86.